The van der Waals surface area contributed by atoms with Gasteiger partial charge in [0, 0.05) is 13.1 Å². The summed E-state index contributed by atoms with van der Waals surface area (Å²) in [6.45, 7) is 3.33. The average molecular weight is 155 g/mol. The largest absolute Gasteiger partial charge is 0.465 e. The minimum absolute atomic E-state index is 0.662. The van der Waals surface area contributed by atoms with E-state index in [-0.39, 0.29) is 0 Å². The summed E-state index contributed by atoms with van der Waals surface area (Å²) in [5, 5.41) is 8.60. The fourth-order valence-electron chi connectivity index (χ4n) is 1.27. The summed E-state index contributed by atoms with van der Waals surface area (Å²) < 4.78 is 0. The first-order valence-electron chi connectivity index (χ1n) is 3.86. The summed E-state index contributed by atoms with van der Waals surface area (Å²) in [4.78, 5) is 11.9. The maximum atomic E-state index is 10.5. The second kappa shape index (κ2) is 3.42. The third kappa shape index (κ3) is 1.97. The van der Waals surface area contributed by atoms with Crippen molar-refractivity contribution in [2.45, 2.75) is 19.8 Å². The molecule has 1 aliphatic rings. The molecule has 3 heteroatoms. The van der Waals surface area contributed by atoms with Gasteiger partial charge in [0.05, 0.1) is 0 Å². The molecule has 1 fully saturated rings. The Morgan fingerprint density at radius 2 is 2.09 bits per heavy atom. The lowest BCUT2D eigenvalue weighted by Gasteiger charge is -2.25. The number of piperidine rings is 1. The molecule has 62 valence electrons. The van der Waals surface area contributed by atoms with Gasteiger partial charge in [-0.3, -0.25) is 0 Å². The van der Waals surface area contributed by atoms with Gasteiger partial charge >= 0.3 is 6.09 Å². The zero-order valence-electron chi connectivity index (χ0n) is 6.71. The van der Waals surface area contributed by atoms with Crippen molar-refractivity contribution in [1.29, 1.82) is 0 Å². The SMILES string of the molecule is CC=C1CCN(C(=O)O)CC1. The van der Waals surface area contributed by atoms with E-state index in [0.29, 0.717) is 13.1 Å². The first-order valence-corrected chi connectivity index (χ1v) is 3.86. The fourth-order valence-corrected chi connectivity index (χ4v) is 1.27. The summed E-state index contributed by atoms with van der Waals surface area (Å²) in [7, 11) is 0. The van der Waals surface area contributed by atoms with Crippen LogP contribution in [-0.4, -0.2) is 29.2 Å². The maximum Gasteiger partial charge on any atom is 0.407 e. The monoisotopic (exact) mass is 155 g/mol. The molecule has 1 saturated heterocycles. The van der Waals surface area contributed by atoms with Crippen molar-refractivity contribution in [3.8, 4) is 0 Å². The number of allylic oxidation sites excluding steroid dienone is 1. The molecule has 11 heavy (non-hydrogen) atoms. The van der Waals surface area contributed by atoms with Crippen molar-refractivity contribution in [2.75, 3.05) is 13.1 Å². The van der Waals surface area contributed by atoms with E-state index in [0.717, 1.165) is 12.8 Å². The molecule has 1 rings (SSSR count). The van der Waals surface area contributed by atoms with E-state index < -0.39 is 6.09 Å². The molecule has 0 aromatic carbocycles. The molecule has 0 bridgehead atoms. The summed E-state index contributed by atoms with van der Waals surface area (Å²) in [6, 6.07) is 0. The van der Waals surface area contributed by atoms with Crippen LogP contribution in [0.2, 0.25) is 0 Å². The number of nitrogens with zero attached hydrogens (tertiary/aromatic N) is 1. The lowest BCUT2D eigenvalue weighted by molar-refractivity contribution is 0.141. The van der Waals surface area contributed by atoms with E-state index in [1.165, 1.54) is 10.5 Å². The molecule has 0 aromatic rings. The van der Waals surface area contributed by atoms with Crippen LogP contribution in [0, 0.1) is 0 Å². The Kier molecular flexibility index (Phi) is 2.52. The van der Waals surface area contributed by atoms with Gasteiger partial charge in [0.25, 0.3) is 0 Å². The molecule has 0 aromatic heterocycles. The smallest absolute Gasteiger partial charge is 0.407 e. The molecule has 1 aliphatic heterocycles. The topological polar surface area (TPSA) is 40.5 Å². The molecule has 3 nitrogen and oxygen atoms in total. The number of amides is 1. The molecule has 0 aliphatic carbocycles. The summed E-state index contributed by atoms with van der Waals surface area (Å²) in [5.41, 5.74) is 1.38. The zero-order chi connectivity index (χ0) is 8.27. The lowest BCUT2D eigenvalue weighted by Crippen LogP contribution is -2.34. The van der Waals surface area contributed by atoms with Crippen LogP contribution in [0.4, 0.5) is 4.79 Å². The van der Waals surface area contributed by atoms with Crippen LogP contribution in [0.15, 0.2) is 11.6 Å². The third-order valence-electron chi connectivity index (χ3n) is 2.08. The van der Waals surface area contributed by atoms with Crippen LogP contribution < -0.4 is 0 Å². The molecule has 0 radical (unpaired) electrons. The van der Waals surface area contributed by atoms with Crippen molar-refractivity contribution in [3.63, 3.8) is 0 Å². The van der Waals surface area contributed by atoms with Gasteiger partial charge in [0.2, 0.25) is 0 Å². The Morgan fingerprint density at radius 1 is 1.55 bits per heavy atom. The standard InChI is InChI=1S/C8H13NO2/c1-2-7-3-5-9(6-4-7)8(10)11/h2H,3-6H2,1H3,(H,10,11). The second-order valence-electron chi connectivity index (χ2n) is 2.72. The predicted molar refractivity (Wildman–Crippen MR) is 42.6 cm³/mol. The van der Waals surface area contributed by atoms with Crippen LogP contribution in [0.3, 0.4) is 0 Å². The molecule has 0 unspecified atom stereocenters. The van der Waals surface area contributed by atoms with E-state index in [9.17, 15) is 4.79 Å². The van der Waals surface area contributed by atoms with E-state index in [1.54, 1.807) is 0 Å². The average Bonchev–Trinajstić information content (AvgIpc) is 2.05. The molecule has 0 atom stereocenters. The number of rotatable bonds is 0. The van der Waals surface area contributed by atoms with Gasteiger partial charge in [-0.05, 0) is 19.8 Å². The Labute approximate surface area is 66.3 Å². The predicted octanol–water partition coefficient (Wildman–Crippen LogP) is 1.71. The molecular weight excluding hydrogens is 142 g/mol. The molecule has 0 saturated carbocycles. The van der Waals surface area contributed by atoms with Gasteiger partial charge in [0.1, 0.15) is 0 Å². The van der Waals surface area contributed by atoms with Crippen molar-refractivity contribution in [1.82, 2.24) is 4.90 Å². The van der Waals surface area contributed by atoms with E-state index in [2.05, 4.69) is 6.08 Å². The molecule has 1 amide bonds. The molecule has 1 heterocycles. The van der Waals surface area contributed by atoms with E-state index in [4.69, 9.17) is 5.11 Å². The van der Waals surface area contributed by atoms with Gasteiger partial charge in [-0.1, -0.05) is 11.6 Å². The zero-order valence-corrected chi connectivity index (χ0v) is 6.71. The molecular formula is C8H13NO2. The molecule has 1 N–H and O–H groups in total. The first-order chi connectivity index (χ1) is 5.24. The Morgan fingerprint density at radius 3 is 2.45 bits per heavy atom. The summed E-state index contributed by atoms with van der Waals surface area (Å²) in [5.74, 6) is 0. The van der Waals surface area contributed by atoms with Crippen LogP contribution >= 0.6 is 0 Å². The molecule has 0 spiro atoms. The Balaban J connectivity index is 2.42. The third-order valence-corrected chi connectivity index (χ3v) is 2.08. The van der Waals surface area contributed by atoms with Crippen molar-refractivity contribution in [2.24, 2.45) is 0 Å². The maximum absolute atomic E-state index is 10.5. The van der Waals surface area contributed by atoms with Crippen molar-refractivity contribution < 1.29 is 9.90 Å². The number of carbonyl (C=O) groups is 1. The summed E-state index contributed by atoms with van der Waals surface area (Å²) >= 11 is 0. The lowest BCUT2D eigenvalue weighted by atomic mass is 10.0. The van der Waals surface area contributed by atoms with E-state index >= 15 is 0 Å². The number of hydrogen-bond donors (Lipinski definition) is 1. The minimum atomic E-state index is -0.792. The Bertz CT molecular complexity index is 177. The Hall–Kier alpha value is -0.990. The van der Waals surface area contributed by atoms with Crippen LogP contribution in [0.25, 0.3) is 0 Å². The van der Waals surface area contributed by atoms with Gasteiger partial charge in [-0.2, -0.15) is 0 Å². The van der Waals surface area contributed by atoms with Crippen molar-refractivity contribution in [3.05, 3.63) is 11.6 Å². The highest BCUT2D eigenvalue weighted by atomic mass is 16.4. The fraction of sp³-hybridized carbons (Fsp3) is 0.625. The number of carboxylic acid groups (broad SMARTS) is 1. The van der Waals surface area contributed by atoms with Gasteiger partial charge in [-0.25, -0.2) is 4.79 Å². The summed E-state index contributed by atoms with van der Waals surface area (Å²) in [6.07, 6.45) is 3.10. The highest BCUT2D eigenvalue weighted by molar-refractivity contribution is 5.65. The quantitative estimate of drug-likeness (QED) is 0.541. The van der Waals surface area contributed by atoms with Gasteiger partial charge < -0.3 is 10.0 Å². The van der Waals surface area contributed by atoms with Crippen molar-refractivity contribution >= 4 is 6.09 Å². The number of hydrogen-bond acceptors (Lipinski definition) is 1. The minimum Gasteiger partial charge on any atom is -0.465 e. The second-order valence-corrected chi connectivity index (χ2v) is 2.72. The van der Waals surface area contributed by atoms with Crippen LogP contribution in [0.1, 0.15) is 19.8 Å². The highest BCUT2D eigenvalue weighted by Crippen LogP contribution is 2.15. The van der Waals surface area contributed by atoms with Gasteiger partial charge in [0.15, 0.2) is 0 Å². The first kappa shape index (κ1) is 8.11. The number of likely N-dealkylation sites (tertiary alicyclic amines) is 1. The highest BCUT2D eigenvalue weighted by Gasteiger charge is 2.16. The van der Waals surface area contributed by atoms with Crippen LogP contribution in [-0.2, 0) is 0 Å². The van der Waals surface area contributed by atoms with E-state index in [1.807, 2.05) is 6.92 Å². The van der Waals surface area contributed by atoms with Gasteiger partial charge in [-0.15, -0.1) is 0 Å². The normalized spacial score (nSPS) is 18.3. The van der Waals surface area contributed by atoms with Crippen LogP contribution in [0.5, 0.6) is 0 Å².